The van der Waals surface area contributed by atoms with E-state index in [1.165, 1.54) is 11.1 Å². The van der Waals surface area contributed by atoms with Crippen LogP contribution < -0.4 is 10.4 Å². The largest absolute Gasteiger partial charge is 0.465 e. The molecule has 0 unspecified atom stereocenters. The Hall–Kier alpha value is -2.51. The molecule has 0 aromatic carbocycles. The second kappa shape index (κ2) is 4.55. The Balaban J connectivity index is 1.96. The van der Waals surface area contributed by atoms with Crippen LogP contribution in [0.15, 0.2) is 23.1 Å². The zero-order valence-corrected chi connectivity index (χ0v) is 10.7. The van der Waals surface area contributed by atoms with Crippen molar-refractivity contribution in [3.05, 3.63) is 28.8 Å². The van der Waals surface area contributed by atoms with Crippen molar-refractivity contribution >= 4 is 17.3 Å². The summed E-state index contributed by atoms with van der Waals surface area (Å²) in [6.07, 6.45) is 1.68. The second-order valence-electron chi connectivity index (χ2n) is 4.89. The number of aromatic amines is 1. The molecule has 8 nitrogen and oxygen atoms in total. The highest BCUT2D eigenvalue weighted by Gasteiger charge is 2.28. The first-order valence-corrected chi connectivity index (χ1v) is 6.40. The van der Waals surface area contributed by atoms with Crippen LogP contribution in [0.3, 0.4) is 0 Å². The molecule has 1 fully saturated rings. The highest BCUT2D eigenvalue weighted by molar-refractivity contribution is 5.67. The van der Waals surface area contributed by atoms with Crippen LogP contribution in [0.4, 0.5) is 4.79 Å². The molecule has 106 valence electrons. The number of nitrogens with zero attached hydrogens (tertiary/aromatic N) is 3. The van der Waals surface area contributed by atoms with Gasteiger partial charge in [0.2, 0.25) is 0 Å². The van der Waals surface area contributed by atoms with Gasteiger partial charge >= 0.3 is 17.4 Å². The van der Waals surface area contributed by atoms with Crippen molar-refractivity contribution in [2.75, 3.05) is 13.1 Å². The van der Waals surface area contributed by atoms with E-state index in [0.29, 0.717) is 37.1 Å². The minimum atomic E-state index is -0.928. The summed E-state index contributed by atoms with van der Waals surface area (Å²) in [6, 6.07) is 3.34. The van der Waals surface area contributed by atoms with Gasteiger partial charge in [0.1, 0.15) is 11.7 Å². The second-order valence-corrected chi connectivity index (χ2v) is 4.89. The molecule has 3 rings (SSSR count). The number of hydrogen-bond acceptors (Lipinski definition) is 3. The maximum Gasteiger partial charge on any atom is 0.414 e. The standard InChI is InChI=1S/C12H14N4O4/c17-11-13-10-9(2-1-5-15(10)20)16(11)8-3-6-14(7-4-8)12(18)19/h1-2,5,8,20H,3-4,6-7H2,(H,18,19)/p+1. The van der Waals surface area contributed by atoms with Crippen LogP contribution in [0, 0.1) is 0 Å². The van der Waals surface area contributed by atoms with Gasteiger partial charge in [-0.2, -0.15) is 4.98 Å². The predicted molar refractivity (Wildman–Crippen MR) is 67.8 cm³/mol. The number of rotatable bonds is 1. The third kappa shape index (κ3) is 1.89. The lowest BCUT2D eigenvalue weighted by Crippen LogP contribution is -2.39. The molecule has 1 aliphatic heterocycles. The highest BCUT2D eigenvalue weighted by atomic mass is 16.5. The summed E-state index contributed by atoms with van der Waals surface area (Å²) >= 11 is 0. The van der Waals surface area contributed by atoms with E-state index in [0.717, 1.165) is 4.73 Å². The van der Waals surface area contributed by atoms with E-state index in [2.05, 4.69) is 4.98 Å². The van der Waals surface area contributed by atoms with Gasteiger partial charge in [0.05, 0.1) is 0 Å². The molecule has 0 atom stereocenters. The van der Waals surface area contributed by atoms with Crippen LogP contribution >= 0.6 is 0 Å². The van der Waals surface area contributed by atoms with Crippen LogP contribution in [-0.4, -0.2) is 43.9 Å². The summed E-state index contributed by atoms with van der Waals surface area (Å²) in [5, 5.41) is 18.6. The zero-order chi connectivity index (χ0) is 14.3. The van der Waals surface area contributed by atoms with Gasteiger partial charge < -0.3 is 15.2 Å². The summed E-state index contributed by atoms with van der Waals surface area (Å²) in [7, 11) is 0. The lowest BCUT2D eigenvalue weighted by atomic mass is 10.1. The summed E-state index contributed by atoms with van der Waals surface area (Å²) in [4.78, 5) is 26.9. The van der Waals surface area contributed by atoms with E-state index in [4.69, 9.17) is 5.11 Å². The molecule has 0 saturated carbocycles. The van der Waals surface area contributed by atoms with Gasteiger partial charge in [-0.3, -0.25) is 4.57 Å². The van der Waals surface area contributed by atoms with Crippen molar-refractivity contribution in [3.8, 4) is 0 Å². The van der Waals surface area contributed by atoms with Crippen molar-refractivity contribution in [1.29, 1.82) is 0 Å². The number of nitrogens with one attached hydrogen (secondary N) is 1. The molecule has 1 aliphatic rings. The average molecular weight is 279 g/mol. The first kappa shape index (κ1) is 12.5. The Morgan fingerprint density at radius 1 is 1.40 bits per heavy atom. The highest BCUT2D eigenvalue weighted by Crippen LogP contribution is 2.23. The topological polar surface area (TPSA) is 102 Å². The molecule has 8 heteroatoms. The van der Waals surface area contributed by atoms with Crippen molar-refractivity contribution in [2.24, 2.45) is 0 Å². The molecule has 0 spiro atoms. The number of imidazole rings is 1. The molecular formula is C12H15N4O4+. The SMILES string of the molecule is O=C(O)N1CCC(n2c(=O)[nH]c3c2ccc[n+]3O)CC1. The van der Waals surface area contributed by atoms with E-state index in [9.17, 15) is 14.8 Å². The third-order valence-corrected chi connectivity index (χ3v) is 3.76. The Morgan fingerprint density at radius 2 is 2.10 bits per heavy atom. The quantitative estimate of drug-likeness (QED) is 0.511. The van der Waals surface area contributed by atoms with E-state index in [-0.39, 0.29) is 11.7 Å². The van der Waals surface area contributed by atoms with Crippen LogP contribution in [0.1, 0.15) is 18.9 Å². The van der Waals surface area contributed by atoms with E-state index in [1.807, 2.05) is 0 Å². The van der Waals surface area contributed by atoms with Gasteiger partial charge in [-0.1, -0.05) is 0 Å². The van der Waals surface area contributed by atoms with Gasteiger partial charge in [0.25, 0.3) is 0 Å². The Kier molecular flexibility index (Phi) is 2.85. The van der Waals surface area contributed by atoms with Crippen LogP contribution in [0.2, 0.25) is 0 Å². The summed E-state index contributed by atoms with van der Waals surface area (Å²) in [6.45, 7) is 0.816. The molecule has 2 aromatic rings. The van der Waals surface area contributed by atoms with Crippen LogP contribution in [0.25, 0.3) is 11.2 Å². The number of carbonyl (C=O) groups is 1. The van der Waals surface area contributed by atoms with Crippen molar-refractivity contribution < 1.29 is 19.8 Å². The van der Waals surface area contributed by atoms with Gasteiger partial charge in [-0.05, 0) is 29.7 Å². The van der Waals surface area contributed by atoms with Crippen LogP contribution in [0.5, 0.6) is 0 Å². The smallest absolute Gasteiger partial charge is 0.414 e. The van der Waals surface area contributed by atoms with Crippen molar-refractivity contribution in [2.45, 2.75) is 18.9 Å². The number of pyridine rings is 1. The summed E-state index contributed by atoms with van der Waals surface area (Å²) in [5.41, 5.74) is 0.676. The Morgan fingerprint density at radius 3 is 2.75 bits per heavy atom. The number of aromatic nitrogens is 3. The normalized spacial score (nSPS) is 16.7. The fourth-order valence-corrected chi connectivity index (χ4v) is 2.75. The van der Waals surface area contributed by atoms with Gasteiger partial charge in [0, 0.05) is 19.1 Å². The van der Waals surface area contributed by atoms with Crippen LogP contribution in [-0.2, 0) is 0 Å². The predicted octanol–water partition coefficient (Wildman–Crippen LogP) is 0.169. The number of likely N-dealkylation sites (tertiary alicyclic amines) is 1. The van der Waals surface area contributed by atoms with Gasteiger partial charge in [0.15, 0.2) is 0 Å². The van der Waals surface area contributed by atoms with Crippen molar-refractivity contribution in [3.63, 3.8) is 0 Å². The van der Waals surface area contributed by atoms with E-state index in [1.54, 1.807) is 16.7 Å². The molecular weight excluding hydrogens is 264 g/mol. The van der Waals surface area contributed by atoms with E-state index < -0.39 is 6.09 Å². The van der Waals surface area contributed by atoms with E-state index >= 15 is 0 Å². The Bertz CT molecular complexity index is 712. The molecule has 3 heterocycles. The maximum absolute atomic E-state index is 12.1. The monoisotopic (exact) mass is 279 g/mol. The van der Waals surface area contributed by atoms with Gasteiger partial charge in [-0.25, -0.2) is 9.59 Å². The fraction of sp³-hybridized carbons (Fsp3) is 0.417. The Labute approximate surface area is 113 Å². The lowest BCUT2D eigenvalue weighted by molar-refractivity contribution is -0.885. The van der Waals surface area contributed by atoms with Gasteiger partial charge in [-0.15, -0.1) is 0 Å². The fourth-order valence-electron chi connectivity index (χ4n) is 2.75. The number of piperidine rings is 1. The molecule has 2 aromatic heterocycles. The minimum absolute atomic E-state index is 0.0609. The molecule has 1 saturated heterocycles. The summed E-state index contributed by atoms with van der Waals surface area (Å²) < 4.78 is 2.47. The third-order valence-electron chi connectivity index (χ3n) is 3.76. The first-order chi connectivity index (χ1) is 9.58. The molecule has 20 heavy (non-hydrogen) atoms. The number of amides is 1. The first-order valence-electron chi connectivity index (χ1n) is 6.40. The zero-order valence-electron chi connectivity index (χ0n) is 10.7. The minimum Gasteiger partial charge on any atom is -0.465 e. The van der Waals surface area contributed by atoms with Crippen molar-refractivity contribution in [1.82, 2.24) is 14.5 Å². The number of H-pyrrole nitrogens is 1. The summed E-state index contributed by atoms with van der Waals surface area (Å²) in [5.74, 6) is 0. The molecule has 3 N–H and O–H groups in total. The number of fused-ring (bicyclic) bond motifs is 1. The molecule has 0 aliphatic carbocycles. The molecule has 0 bridgehead atoms. The molecule has 1 amide bonds. The average Bonchev–Trinajstić information content (AvgIpc) is 2.77. The number of carboxylic acid groups (broad SMARTS) is 1. The number of hydrogen-bond donors (Lipinski definition) is 3. The maximum atomic E-state index is 12.1. The molecule has 0 radical (unpaired) electrons. The lowest BCUT2D eigenvalue weighted by Gasteiger charge is -2.30.